The maximum atomic E-state index is 6.07. The average Bonchev–Trinajstić information content (AvgIpc) is 3.04. The van der Waals surface area contributed by atoms with Crippen molar-refractivity contribution in [3.05, 3.63) is 50.7 Å². The van der Waals surface area contributed by atoms with Gasteiger partial charge in [0, 0.05) is 16.9 Å². The van der Waals surface area contributed by atoms with Crippen LogP contribution in [0.25, 0.3) is 0 Å². The quantitative estimate of drug-likeness (QED) is 0.919. The summed E-state index contributed by atoms with van der Waals surface area (Å²) in [5.74, 6) is 1.05. The van der Waals surface area contributed by atoms with Crippen LogP contribution in [0.2, 0.25) is 4.34 Å². The summed E-state index contributed by atoms with van der Waals surface area (Å²) < 4.78 is 6.64. The molecule has 0 saturated heterocycles. The number of halogens is 1. The SMILES string of the molecule is CCNC(c1ccc(Cl)s1)c1cccc2c1OCC2. The zero-order chi connectivity index (χ0) is 13.2. The molecule has 1 aliphatic heterocycles. The number of rotatable bonds is 4. The van der Waals surface area contributed by atoms with E-state index in [1.54, 1.807) is 11.3 Å². The Hall–Kier alpha value is -1.03. The number of fused-ring (bicyclic) bond motifs is 1. The molecule has 1 aromatic heterocycles. The molecule has 2 aromatic rings. The van der Waals surface area contributed by atoms with E-state index in [2.05, 4.69) is 36.5 Å². The average molecular weight is 294 g/mol. The summed E-state index contributed by atoms with van der Waals surface area (Å²) in [5.41, 5.74) is 2.53. The highest BCUT2D eigenvalue weighted by molar-refractivity contribution is 7.16. The first kappa shape index (κ1) is 13.0. The third-order valence-electron chi connectivity index (χ3n) is 3.34. The maximum absolute atomic E-state index is 6.07. The van der Waals surface area contributed by atoms with Crippen LogP contribution in [0.4, 0.5) is 0 Å². The van der Waals surface area contributed by atoms with Gasteiger partial charge in [-0.2, -0.15) is 0 Å². The molecule has 1 N–H and O–H groups in total. The molecule has 1 aromatic carbocycles. The van der Waals surface area contributed by atoms with Crippen LogP contribution in [0.1, 0.15) is 29.0 Å². The van der Waals surface area contributed by atoms with Crippen molar-refractivity contribution in [1.82, 2.24) is 5.32 Å². The van der Waals surface area contributed by atoms with Crippen LogP contribution in [0.5, 0.6) is 5.75 Å². The molecule has 0 saturated carbocycles. The molecular weight excluding hydrogens is 278 g/mol. The molecule has 2 nitrogen and oxygen atoms in total. The number of para-hydroxylation sites is 1. The van der Waals surface area contributed by atoms with Crippen molar-refractivity contribution in [3.8, 4) is 5.75 Å². The fraction of sp³-hybridized carbons (Fsp3) is 0.333. The lowest BCUT2D eigenvalue weighted by Crippen LogP contribution is -2.21. The third-order valence-corrected chi connectivity index (χ3v) is 4.64. The Morgan fingerprint density at radius 1 is 1.37 bits per heavy atom. The fourth-order valence-electron chi connectivity index (χ4n) is 2.52. The van der Waals surface area contributed by atoms with Crippen LogP contribution in [0, 0.1) is 0 Å². The molecule has 3 rings (SSSR count). The maximum Gasteiger partial charge on any atom is 0.127 e. The monoisotopic (exact) mass is 293 g/mol. The highest BCUT2D eigenvalue weighted by atomic mass is 35.5. The van der Waals surface area contributed by atoms with Crippen LogP contribution in [-0.4, -0.2) is 13.2 Å². The van der Waals surface area contributed by atoms with Gasteiger partial charge in [-0.3, -0.25) is 0 Å². The third kappa shape index (κ3) is 2.50. The second kappa shape index (κ2) is 5.53. The minimum absolute atomic E-state index is 0.163. The number of ether oxygens (including phenoxy) is 1. The second-order valence-electron chi connectivity index (χ2n) is 4.57. The van der Waals surface area contributed by atoms with Gasteiger partial charge in [0.05, 0.1) is 17.0 Å². The molecule has 2 heterocycles. The molecule has 0 aliphatic carbocycles. The Labute approximate surface area is 122 Å². The molecule has 1 atom stereocenters. The Balaban J connectivity index is 2.03. The molecule has 100 valence electrons. The summed E-state index contributed by atoms with van der Waals surface area (Å²) >= 11 is 7.69. The molecule has 0 amide bonds. The molecular formula is C15H16ClNOS. The normalized spacial score (nSPS) is 15.1. The predicted molar refractivity (Wildman–Crippen MR) is 80.5 cm³/mol. The number of hydrogen-bond acceptors (Lipinski definition) is 3. The van der Waals surface area contributed by atoms with E-state index in [0.717, 1.165) is 29.7 Å². The van der Waals surface area contributed by atoms with Crippen molar-refractivity contribution >= 4 is 22.9 Å². The number of hydrogen-bond donors (Lipinski definition) is 1. The van der Waals surface area contributed by atoms with Gasteiger partial charge in [0.2, 0.25) is 0 Å². The van der Waals surface area contributed by atoms with Crippen LogP contribution in [0.3, 0.4) is 0 Å². The number of benzene rings is 1. The molecule has 19 heavy (non-hydrogen) atoms. The van der Waals surface area contributed by atoms with Crippen LogP contribution < -0.4 is 10.1 Å². The molecule has 0 spiro atoms. The van der Waals surface area contributed by atoms with Gasteiger partial charge in [0.1, 0.15) is 5.75 Å². The van der Waals surface area contributed by atoms with Gasteiger partial charge in [0.25, 0.3) is 0 Å². The lowest BCUT2D eigenvalue weighted by molar-refractivity contribution is 0.351. The van der Waals surface area contributed by atoms with Gasteiger partial charge in [-0.15, -0.1) is 11.3 Å². The van der Waals surface area contributed by atoms with Gasteiger partial charge in [0.15, 0.2) is 0 Å². The topological polar surface area (TPSA) is 21.3 Å². The van der Waals surface area contributed by atoms with E-state index in [9.17, 15) is 0 Å². The number of nitrogens with one attached hydrogen (secondary N) is 1. The van der Waals surface area contributed by atoms with Crippen molar-refractivity contribution in [1.29, 1.82) is 0 Å². The van der Waals surface area contributed by atoms with Crippen LogP contribution >= 0.6 is 22.9 Å². The summed E-state index contributed by atoms with van der Waals surface area (Å²) in [6, 6.07) is 10.6. The van der Waals surface area contributed by atoms with Crippen molar-refractivity contribution in [2.24, 2.45) is 0 Å². The standard InChI is InChI=1S/C15H16ClNOS/c1-2-17-14(12-6-7-13(16)19-12)11-5-3-4-10-8-9-18-15(10)11/h3-7,14,17H,2,8-9H2,1H3. The van der Waals surface area contributed by atoms with Crippen molar-refractivity contribution in [2.75, 3.05) is 13.2 Å². The first-order valence-corrected chi connectivity index (χ1v) is 7.72. The largest absolute Gasteiger partial charge is 0.493 e. The van der Waals surface area contributed by atoms with E-state index in [1.807, 2.05) is 6.07 Å². The Morgan fingerprint density at radius 2 is 2.26 bits per heavy atom. The van der Waals surface area contributed by atoms with Crippen LogP contribution in [0.15, 0.2) is 30.3 Å². The predicted octanol–water partition coefficient (Wildman–Crippen LogP) is 4.04. The Kier molecular flexibility index (Phi) is 3.78. The molecule has 0 bridgehead atoms. The van der Waals surface area contributed by atoms with Gasteiger partial charge in [-0.05, 0) is 24.2 Å². The minimum atomic E-state index is 0.163. The summed E-state index contributed by atoms with van der Waals surface area (Å²) in [7, 11) is 0. The lowest BCUT2D eigenvalue weighted by atomic mass is 10.0. The van der Waals surface area contributed by atoms with E-state index in [-0.39, 0.29) is 6.04 Å². The second-order valence-corrected chi connectivity index (χ2v) is 6.31. The van der Waals surface area contributed by atoms with Gasteiger partial charge in [-0.1, -0.05) is 36.7 Å². The van der Waals surface area contributed by atoms with Crippen LogP contribution in [-0.2, 0) is 6.42 Å². The minimum Gasteiger partial charge on any atom is -0.493 e. The summed E-state index contributed by atoms with van der Waals surface area (Å²) in [4.78, 5) is 1.23. The zero-order valence-electron chi connectivity index (χ0n) is 10.8. The Bertz CT molecular complexity index is 581. The van der Waals surface area contributed by atoms with Crippen molar-refractivity contribution < 1.29 is 4.74 Å². The van der Waals surface area contributed by atoms with Gasteiger partial charge >= 0.3 is 0 Å². The van der Waals surface area contributed by atoms with E-state index in [0.29, 0.717) is 0 Å². The first-order chi connectivity index (χ1) is 9.29. The highest BCUT2D eigenvalue weighted by Gasteiger charge is 2.23. The number of thiophene rings is 1. The van der Waals surface area contributed by atoms with Crippen molar-refractivity contribution in [2.45, 2.75) is 19.4 Å². The molecule has 1 unspecified atom stereocenters. The van der Waals surface area contributed by atoms with E-state index in [4.69, 9.17) is 16.3 Å². The fourth-order valence-corrected chi connectivity index (χ4v) is 3.68. The van der Waals surface area contributed by atoms with E-state index in [1.165, 1.54) is 16.0 Å². The molecule has 0 radical (unpaired) electrons. The molecule has 1 aliphatic rings. The summed E-state index contributed by atoms with van der Waals surface area (Å²) in [6.45, 7) is 3.81. The zero-order valence-corrected chi connectivity index (χ0v) is 12.4. The molecule has 0 fully saturated rings. The first-order valence-electron chi connectivity index (χ1n) is 6.52. The lowest BCUT2D eigenvalue weighted by Gasteiger charge is -2.19. The Morgan fingerprint density at radius 3 is 3.00 bits per heavy atom. The van der Waals surface area contributed by atoms with Gasteiger partial charge in [-0.25, -0.2) is 0 Å². The van der Waals surface area contributed by atoms with Crippen molar-refractivity contribution in [3.63, 3.8) is 0 Å². The molecule has 4 heteroatoms. The van der Waals surface area contributed by atoms with E-state index >= 15 is 0 Å². The summed E-state index contributed by atoms with van der Waals surface area (Å²) in [5, 5.41) is 3.53. The van der Waals surface area contributed by atoms with E-state index < -0.39 is 0 Å². The summed E-state index contributed by atoms with van der Waals surface area (Å²) in [6.07, 6.45) is 1.01. The smallest absolute Gasteiger partial charge is 0.127 e. The van der Waals surface area contributed by atoms with Gasteiger partial charge < -0.3 is 10.1 Å². The highest BCUT2D eigenvalue weighted by Crippen LogP contribution is 2.38.